The molecule has 3 heterocycles. The van der Waals surface area contributed by atoms with Crippen LogP contribution in [-0.2, 0) is 13.0 Å². The fraction of sp³-hybridized carbons (Fsp3) is 0.333. The zero-order valence-electron chi connectivity index (χ0n) is 16.7. The van der Waals surface area contributed by atoms with Gasteiger partial charge in [0.1, 0.15) is 5.76 Å². The maximum atomic E-state index is 12.6. The minimum absolute atomic E-state index is 0.227. The highest BCUT2D eigenvalue weighted by atomic mass is 32.1. The molecule has 1 aliphatic carbocycles. The van der Waals surface area contributed by atoms with Crippen molar-refractivity contribution >= 4 is 28.9 Å². The molecule has 0 aliphatic heterocycles. The lowest BCUT2D eigenvalue weighted by molar-refractivity contribution is 0.0921. The molecule has 8 nitrogen and oxygen atoms in total. The predicted octanol–water partition coefficient (Wildman–Crippen LogP) is 3.14. The van der Waals surface area contributed by atoms with Crippen LogP contribution in [0, 0.1) is 6.92 Å². The van der Waals surface area contributed by atoms with Crippen LogP contribution in [0.25, 0.3) is 0 Å². The molecule has 0 saturated heterocycles. The number of carbonyl (C=O) groups excluding carboxylic acids is 2. The Morgan fingerprint density at radius 3 is 3.00 bits per heavy atom. The second-order valence-electron chi connectivity index (χ2n) is 7.09. The van der Waals surface area contributed by atoms with Crippen molar-refractivity contribution in [3.63, 3.8) is 0 Å². The lowest BCUT2D eigenvalue weighted by atomic mass is 9.93. The van der Waals surface area contributed by atoms with Gasteiger partial charge in [0.05, 0.1) is 16.9 Å². The molecule has 2 N–H and O–H groups in total. The number of carbonyl (C=O) groups is 2. The molecular formula is C21H23N5O3S. The van der Waals surface area contributed by atoms with E-state index in [9.17, 15) is 9.59 Å². The molecule has 1 aliphatic rings. The first-order chi connectivity index (χ1) is 14.6. The number of amides is 2. The Morgan fingerprint density at radius 1 is 1.33 bits per heavy atom. The first-order valence-corrected chi connectivity index (χ1v) is 10.8. The van der Waals surface area contributed by atoms with Gasteiger partial charge >= 0.3 is 0 Å². The molecule has 0 unspecified atom stereocenters. The summed E-state index contributed by atoms with van der Waals surface area (Å²) >= 11 is 1.37. The molecule has 0 atom stereocenters. The highest BCUT2D eigenvalue weighted by Crippen LogP contribution is 2.29. The monoisotopic (exact) mass is 425 g/mol. The first-order valence-electron chi connectivity index (χ1n) is 9.90. The summed E-state index contributed by atoms with van der Waals surface area (Å²) in [5.41, 5.74) is 4.99. The van der Waals surface area contributed by atoms with Crippen LogP contribution in [0.3, 0.4) is 0 Å². The highest BCUT2D eigenvalue weighted by molar-refractivity contribution is 7.12. The van der Waals surface area contributed by atoms with E-state index in [4.69, 9.17) is 4.42 Å². The largest absolute Gasteiger partial charge is 0.455 e. The summed E-state index contributed by atoms with van der Waals surface area (Å²) in [6.45, 7) is 3.19. The molecule has 0 radical (unpaired) electrons. The normalized spacial score (nSPS) is 14.5. The van der Waals surface area contributed by atoms with Crippen LogP contribution in [0.5, 0.6) is 0 Å². The minimum Gasteiger partial charge on any atom is -0.455 e. The third kappa shape index (κ3) is 4.35. The van der Waals surface area contributed by atoms with E-state index < -0.39 is 0 Å². The summed E-state index contributed by atoms with van der Waals surface area (Å²) < 4.78 is 7.86. The molecule has 9 heteroatoms. The Morgan fingerprint density at radius 2 is 2.23 bits per heavy atom. The van der Waals surface area contributed by atoms with Gasteiger partial charge in [0.2, 0.25) is 0 Å². The van der Waals surface area contributed by atoms with E-state index in [2.05, 4.69) is 20.8 Å². The zero-order chi connectivity index (χ0) is 20.9. The van der Waals surface area contributed by atoms with E-state index in [1.807, 2.05) is 29.1 Å². The Kier molecular flexibility index (Phi) is 6.08. The van der Waals surface area contributed by atoms with Crippen LogP contribution in [-0.4, -0.2) is 33.6 Å². The molecule has 0 spiro atoms. The second kappa shape index (κ2) is 9.08. The molecule has 30 heavy (non-hydrogen) atoms. The van der Waals surface area contributed by atoms with Gasteiger partial charge in [-0.3, -0.25) is 9.59 Å². The van der Waals surface area contributed by atoms with Crippen LogP contribution >= 0.6 is 11.3 Å². The number of aromatic nitrogens is 2. The van der Waals surface area contributed by atoms with Gasteiger partial charge in [-0.1, -0.05) is 6.07 Å². The van der Waals surface area contributed by atoms with Crippen molar-refractivity contribution in [1.29, 1.82) is 0 Å². The summed E-state index contributed by atoms with van der Waals surface area (Å²) in [6.07, 6.45) is 8.52. The Balaban J connectivity index is 1.42. The number of thiophene rings is 1. The number of nitrogens with zero attached hydrogens (tertiary/aromatic N) is 3. The topological polar surface area (TPSA) is 102 Å². The van der Waals surface area contributed by atoms with Crippen molar-refractivity contribution in [1.82, 2.24) is 20.3 Å². The Bertz CT molecular complexity index is 1050. The molecule has 0 saturated carbocycles. The lowest BCUT2D eigenvalue weighted by Crippen LogP contribution is -2.25. The maximum Gasteiger partial charge on any atom is 0.287 e. The third-order valence-electron chi connectivity index (χ3n) is 5.01. The summed E-state index contributed by atoms with van der Waals surface area (Å²) in [4.78, 5) is 29.4. The molecule has 0 fully saturated rings. The number of aryl methyl sites for hydroxylation is 2. The number of furan rings is 1. The van der Waals surface area contributed by atoms with Gasteiger partial charge in [0.15, 0.2) is 5.76 Å². The van der Waals surface area contributed by atoms with E-state index in [1.54, 1.807) is 18.6 Å². The van der Waals surface area contributed by atoms with Crippen molar-refractivity contribution in [2.24, 2.45) is 5.10 Å². The smallest absolute Gasteiger partial charge is 0.287 e. The molecule has 2 amide bonds. The van der Waals surface area contributed by atoms with Gasteiger partial charge in [0, 0.05) is 43.0 Å². The standard InChI is InChI=1S/C21H23N5O3S/c1-14-18-15(24-25-20(27)17-7-3-12-30-17)5-2-6-16(18)29-19(14)21(28)23-8-4-10-26-11-9-22-13-26/h3,7,9,11-13H,2,4-6,8,10H2,1H3,(H,23,28)(H,25,27)/b24-15+. The predicted molar refractivity (Wildman–Crippen MR) is 114 cm³/mol. The second-order valence-corrected chi connectivity index (χ2v) is 8.04. The molecule has 3 aromatic heterocycles. The van der Waals surface area contributed by atoms with Gasteiger partial charge in [-0.25, -0.2) is 10.4 Å². The van der Waals surface area contributed by atoms with E-state index in [-0.39, 0.29) is 11.8 Å². The number of nitrogens with one attached hydrogen (secondary N) is 2. The molecule has 0 aromatic carbocycles. The third-order valence-corrected chi connectivity index (χ3v) is 5.88. The lowest BCUT2D eigenvalue weighted by Gasteiger charge is -2.13. The van der Waals surface area contributed by atoms with E-state index in [0.29, 0.717) is 17.2 Å². The van der Waals surface area contributed by atoms with Crippen molar-refractivity contribution in [2.75, 3.05) is 6.54 Å². The molecule has 4 rings (SSSR count). The Labute approximate surface area is 178 Å². The fourth-order valence-corrected chi connectivity index (χ4v) is 4.15. The van der Waals surface area contributed by atoms with Crippen LogP contribution < -0.4 is 10.7 Å². The summed E-state index contributed by atoms with van der Waals surface area (Å²) in [5, 5.41) is 9.11. The maximum absolute atomic E-state index is 12.6. The molecule has 0 bridgehead atoms. The number of hydrazone groups is 1. The van der Waals surface area contributed by atoms with Crippen molar-refractivity contribution in [3.05, 3.63) is 63.8 Å². The van der Waals surface area contributed by atoms with Crippen LogP contribution in [0.15, 0.2) is 45.8 Å². The summed E-state index contributed by atoms with van der Waals surface area (Å²) in [6, 6.07) is 3.58. The van der Waals surface area contributed by atoms with E-state index in [0.717, 1.165) is 54.8 Å². The van der Waals surface area contributed by atoms with Crippen molar-refractivity contribution in [3.8, 4) is 0 Å². The fourth-order valence-electron chi connectivity index (χ4n) is 3.54. The minimum atomic E-state index is -0.235. The van der Waals surface area contributed by atoms with Gasteiger partial charge in [-0.15, -0.1) is 11.3 Å². The number of hydrogen-bond acceptors (Lipinski definition) is 6. The molecule has 156 valence electrons. The zero-order valence-corrected chi connectivity index (χ0v) is 17.5. The van der Waals surface area contributed by atoms with Crippen LogP contribution in [0.2, 0.25) is 0 Å². The van der Waals surface area contributed by atoms with Gasteiger partial charge in [-0.05, 0) is 37.6 Å². The average Bonchev–Trinajstić information content (AvgIpc) is 3.51. The number of imidazole rings is 1. The van der Waals surface area contributed by atoms with Gasteiger partial charge < -0.3 is 14.3 Å². The van der Waals surface area contributed by atoms with Crippen LogP contribution in [0.4, 0.5) is 0 Å². The molecular weight excluding hydrogens is 402 g/mol. The SMILES string of the molecule is Cc1c(C(=O)NCCCn2ccnc2)oc2c1/C(=N/NC(=O)c1cccs1)CCC2. The Hall–Kier alpha value is -3.20. The highest BCUT2D eigenvalue weighted by Gasteiger charge is 2.28. The summed E-state index contributed by atoms with van der Waals surface area (Å²) in [5.74, 6) is 0.615. The van der Waals surface area contributed by atoms with E-state index in [1.165, 1.54) is 11.3 Å². The number of rotatable bonds is 7. The number of hydrogen-bond donors (Lipinski definition) is 2. The van der Waals surface area contributed by atoms with Crippen LogP contribution in [0.1, 0.15) is 56.4 Å². The van der Waals surface area contributed by atoms with Crippen molar-refractivity contribution < 1.29 is 14.0 Å². The molecule has 3 aromatic rings. The average molecular weight is 426 g/mol. The van der Waals surface area contributed by atoms with Gasteiger partial charge in [0.25, 0.3) is 11.8 Å². The van der Waals surface area contributed by atoms with Gasteiger partial charge in [-0.2, -0.15) is 5.10 Å². The van der Waals surface area contributed by atoms with Crippen molar-refractivity contribution in [2.45, 2.75) is 39.2 Å². The van der Waals surface area contributed by atoms with E-state index >= 15 is 0 Å². The number of fused-ring (bicyclic) bond motifs is 1. The summed E-state index contributed by atoms with van der Waals surface area (Å²) in [7, 11) is 0. The quantitative estimate of drug-likeness (QED) is 0.448. The first kappa shape index (κ1) is 20.1.